The van der Waals surface area contributed by atoms with Crippen LogP contribution < -0.4 is 11.1 Å². The van der Waals surface area contributed by atoms with Crippen LogP contribution in [-0.4, -0.2) is 10.9 Å². The van der Waals surface area contributed by atoms with E-state index in [-0.39, 0.29) is 18.4 Å². The Hall–Kier alpha value is -2.34. The van der Waals surface area contributed by atoms with Gasteiger partial charge in [0.2, 0.25) is 5.91 Å². The van der Waals surface area contributed by atoms with Crippen molar-refractivity contribution in [2.45, 2.75) is 19.4 Å². The molecule has 0 radical (unpaired) electrons. The van der Waals surface area contributed by atoms with Crippen molar-refractivity contribution < 1.29 is 9.21 Å². The van der Waals surface area contributed by atoms with Crippen LogP contribution in [0.4, 0.5) is 5.13 Å². The first-order valence-electron chi connectivity index (χ1n) is 6.59. The molecular formula is C15H15N3O2S. The number of para-hydroxylation sites is 1. The van der Waals surface area contributed by atoms with Crippen molar-refractivity contribution >= 4 is 33.3 Å². The summed E-state index contributed by atoms with van der Waals surface area (Å²) in [7, 11) is 0. The number of hydrogen-bond acceptors (Lipinski definition) is 5. The second kappa shape index (κ2) is 5.57. The van der Waals surface area contributed by atoms with E-state index in [1.54, 1.807) is 5.38 Å². The van der Waals surface area contributed by atoms with Crippen LogP contribution >= 0.6 is 11.3 Å². The maximum atomic E-state index is 12.0. The molecular weight excluding hydrogens is 286 g/mol. The summed E-state index contributed by atoms with van der Waals surface area (Å²) in [5, 5.41) is 6.20. The van der Waals surface area contributed by atoms with Crippen molar-refractivity contribution in [2.75, 3.05) is 5.73 Å². The van der Waals surface area contributed by atoms with Crippen LogP contribution in [-0.2, 0) is 11.2 Å². The quantitative estimate of drug-likeness (QED) is 0.776. The highest BCUT2D eigenvalue weighted by Crippen LogP contribution is 2.23. The number of amides is 1. The zero-order chi connectivity index (χ0) is 14.8. The highest BCUT2D eigenvalue weighted by molar-refractivity contribution is 7.13. The summed E-state index contributed by atoms with van der Waals surface area (Å²) >= 11 is 1.33. The normalized spacial score (nSPS) is 12.4. The molecule has 1 atom stereocenters. The topological polar surface area (TPSA) is 81.2 Å². The van der Waals surface area contributed by atoms with E-state index in [1.165, 1.54) is 11.3 Å². The summed E-state index contributed by atoms with van der Waals surface area (Å²) in [6.45, 7) is 1.89. The number of thiazole rings is 1. The number of rotatable bonds is 4. The van der Waals surface area contributed by atoms with Crippen molar-refractivity contribution in [3.63, 3.8) is 0 Å². The summed E-state index contributed by atoms with van der Waals surface area (Å²) in [5.41, 5.74) is 7.06. The Balaban J connectivity index is 1.67. The molecule has 0 aliphatic heterocycles. The van der Waals surface area contributed by atoms with Gasteiger partial charge in [-0.1, -0.05) is 18.2 Å². The molecule has 5 nitrogen and oxygen atoms in total. The minimum absolute atomic E-state index is 0.103. The zero-order valence-electron chi connectivity index (χ0n) is 11.5. The average Bonchev–Trinajstić information content (AvgIpc) is 3.04. The fourth-order valence-electron chi connectivity index (χ4n) is 2.15. The van der Waals surface area contributed by atoms with Crippen molar-refractivity contribution in [1.29, 1.82) is 0 Å². The van der Waals surface area contributed by atoms with E-state index >= 15 is 0 Å². The Morgan fingerprint density at radius 1 is 1.48 bits per heavy atom. The Kier molecular flexibility index (Phi) is 3.62. The SMILES string of the molecule is CC(NC(=O)Cc1csc(N)n1)c1cc2ccccc2o1. The average molecular weight is 301 g/mol. The third-order valence-corrected chi connectivity index (χ3v) is 3.88. The number of hydrogen-bond donors (Lipinski definition) is 2. The predicted octanol–water partition coefficient (Wildman–Crippen LogP) is 2.89. The van der Waals surface area contributed by atoms with E-state index in [4.69, 9.17) is 10.2 Å². The molecule has 2 heterocycles. The number of nitrogens with one attached hydrogen (secondary N) is 1. The molecule has 21 heavy (non-hydrogen) atoms. The number of fused-ring (bicyclic) bond motifs is 1. The van der Waals surface area contributed by atoms with Crippen molar-refractivity contribution in [2.24, 2.45) is 0 Å². The van der Waals surface area contributed by atoms with Crippen LogP contribution in [0.1, 0.15) is 24.4 Å². The lowest BCUT2D eigenvalue weighted by Gasteiger charge is -2.10. The summed E-state index contributed by atoms with van der Waals surface area (Å²) in [5.74, 6) is 0.635. The van der Waals surface area contributed by atoms with Gasteiger partial charge in [0.15, 0.2) is 5.13 Å². The lowest BCUT2D eigenvalue weighted by Crippen LogP contribution is -2.27. The smallest absolute Gasteiger partial charge is 0.226 e. The summed E-state index contributed by atoms with van der Waals surface area (Å²) in [6.07, 6.45) is 0.221. The van der Waals surface area contributed by atoms with E-state index < -0.39 is 0 Å². The van der Waals surface area contributed by atoms with Gasteiger partial charge in [0, 0.05) is 10.8 Å². The largest absolute Gasteiger partial charge is 0.459 e. The Labute approximate surface area is 125 Å². The summed E-state index contributed by atoms with van der Waals surface area (Å²) in [6, 6.07) is 9.52. The van der Waals surface area contributed by atoms with Crippen molar-refractivity contribution in [3.05, 3.63) is 47.2 Å². The first kappa shape index (κ1) is 13.6. The number of benzene rings is 1. The third-order valence-electron chi connectivity index (χ3n) is 3.16. The maximum Gasteiger partial charge on any atom is 0.226 e. The van der Waals surface area contributed by atoms with Gasteiger partial charge in [0.25, 0.3) is 0 Å². The van der Waals surface area contributed by atoms with Gasteiger partial charge in [0.1, 0.15) is 11.3 Å². The molecule has 0 fully saturated rings. The van der Waals surface area contributed by atoms with E-state index in [9.17, 15) is 4.79 Å². The fourth-order valence-corrected chi connectivity index (χ4v) is 2.71. The first-order chi connectivity index (χ1) is 10.1. The molecule has 2 aromatic heterocycles. The molecule has 3 rings (SSSR count). The lowest BCUT2D eigenvalue weighted by atomic mass is 10.2. The number of carbonyl (C=O) groups excluding carboxylic acids is 1. The monoisotopic (exact) mass is 301 g/mol. The standard InChI is InChI=1S/C15H15N3O2S/c1-9(13-6-10-4-2-3-5-12(10)20-13)17-14(19)7-11-8-21-15(16)18-11/h2-6,8-9H,7H2,1H3,(H2,16,18)(H,17,19). The van der Waals surface area contributed by atoms with Gasteiger partial charge >= 0.3 is 0 Å². The van der Waals surface area contributed by atoms with Gasteiger partial charge in [-0.3, -0.25) is 4.79 Å². The molecule has 3 aromatic rings. The molecule has 0 bridgehead atoms. The number of carbonyl (C=O) groups is 1. The molecule has 6 heteroatoms. The molecule has 0 spiro atoms. The zero-order valence-corrected chi connectivity index (χ0v) is 12.3. The van der Waals surface area contributed by atoms with E-state index in [0.717, 1.165) is 16.7 Å². The summed E-state index contributed by atoms with van der Waals surface area (Å²) < 4.78 is 5.74. The summed E-state index contributed by atoms with van der Waals surface area (Å²) in [4.78, 5) is 16.1. The van der Waals surface area contributed by atoms with Gasteiger partial charge in [-0.15, -0.1) is 11.3 Å². The maximum absolute atomic E-state index is 12.0. The molecule has 0 saturated carbocycles. The van der Waals surface area contributed by atoms with Gasteiger partial charge in [-0.05, 0) is 19.1 Å². The fraction of sp³-hybridized carbons (Fsp3) is 0.200. The Morgan fingerprint density at radius 2 is 2.29 bits per heavy atom. The number of nitrogens with zero attached hydrogens (tertiary/aromatic N) is 1. The Morgan fingerprint density at radius 3 is 3.00 bits per heavy atom. The van der Waals surface area contributed by atoms with Gasteiger partial charge in [0.05, 0.1) is 18.2 Å². The molecule has 0 saturated heterocycles. The number of nitrogen functional groups attached to an aromatic ring is 1. The molecule has 0 aliphatic rings. The second-order valence-electron chi connectivity index (χ2n) is 4.83. The van der Waals surface area contributed by atoms with Crippen LogP contribution in [0.3, 0.4) is 0 Å². The van der Waals surface area contributed by atoms with Gasteiger partial charge in [-0.25, -0.2) is 4.98 Å². The van der Waals surface area contributed by atoms with Gasteiger partial charge in [-0.2, -0.15) is 0 Å². The Bertz CT molecular complexity index is 745. The van der Waals surface area contributed by atoms with Crippen molar-refractivity contribution in [1.82, 2.24) is 10.3 Å². The molecule has 1 amide bonds. The van der Waals surface area contributed by atoms with Crippen LogP contribution in [0, 0.1) is 0 Å². The second-order valence-corrected chi connectivity index (χ2v) is 5.72. The predicted molar refractivity (Wildman–Crippen MR) is 83.0 cm³/mol. The lowest BCUT2D eigenvalue weighted by molar-refractivity contribution is -0.121. The molecule has 1 aromatic carbocycles. The third kappa shape index (κ3) is 3.05. The highest BCUT2D eigenvalue weighted by Gasteiger charge is 2.15. The van der Waals surface area contributed by atoms with E-state index in [1.807, 2.05) is 37.3 Å². The number of anilines is 1. The highest BCUT2D eigenvalue weighted by atomic mass is 32.1. The van der Waals surface area contributed by atoms with Gasteiger partial charge < -0.3 is 15.5 Å². The number of nitrogens with two attached hydrogens (primary N) is 1. The minimum Gasteiger partial charge on any atom is -0.459 e. The van der Waals surface area contributed by atoms with E-state index in [2.05, 4.69) is 10.3 Å². The number of furan rings is 1. The molecule has 3 N–H and O–H groups in total. The first-order valence-corrected chi connectivity index (χ1v) is 7.47. The van der Waals surface area contributed by atoms with Crippen LogP contribution in [0.2, 0.25) is 0 Å². The van der Waals surface area contributed by atoms with Crippen LogP contribution in [0.25, 0.3) is 11.0 Å². The molecule has 0 aliphatic carbocycles. The molecule has 108 valence electrons. The van der Waals surface area contributed by atoms with Crippen LogP contribution in [0.5, 0.6) is 0 Å². The van der Waals surface area contributed by atoms with Crippen molar-refractivity contribution in [3.8, 4) is 0 Å². The van der Waals surface area contributed by atoms with E-state index in [0.29, 0.717) is 10.8 Å². The molecule has 1 unspecified atom stereocenters. The number of aromatic nitrogens is 1. The van der Waals surface area contributed by atoms with Crippen LogP contribution in [0.15, 0.2) is 40.1 Å². The minimum atomic E-state index is -0.194.